The third kappa shape index (κ3) is 2.73. The first kappa shape index (κ1) is 16.0. The summed E-state index contributed by atoms with van der Waals surface area (Å²) in [5, 5.41) is 3.12. The van der Waals surface area contributed by atoms with E-state index in [0.29, 0.717) is 10.5 Å². The van der Waals surface area contributed by atoms with Gasteiger partial charge in [-0.3, -0.25) is 4.79 Å². The second-order valence-corrected chi connectivity index (χ2v) is 7.38. The van der Waals surface area contributed by atoms with E-state index in [-0.39, 0.29) is 9.94 Å². The van der Waals surface area contributed by atoms with Crippen LogP contribution in [0.3, 0.4) is 0 Å². The third-order valence-corrected chi connectivity index (χ3v) is 5.99. The van der Waals surface area contributed by atoms with Crippen LogP contribution < -0.4 is 5.32 Å². The number of aryl methyl sites for hydroxylation is 2. The quantitative estimate of drug-likeness (QED) is 0.883. The number of carbonyl (C=O) groups is 1. The van der Waals surface area contributed by atoms with Crippen LogP contribution in [0.15, 0.2) is 46.2 Å². The number of anilines is 1. The molecule has 0 radical (unpaired) electrons. The lowest BCUT2D eigenvalue weighted by molar-refractivity contribution is -0.112. The van der Waals surface area contributed by atoms with Gasteiger partial charge in [-0.05, 0) is 49.6 Å². The second-order valence-electron chi connectivity index (χ2n) is 5.62. The molecule has 1 N–H and O–H groups in total. The van der Waals surface area contributed by atoms with Crippen LogP contribution in [-0.4, -0.2) is 10.1 Å². The number of benzene rings is 2. The number of fused-ring (bicyclic) bond motifs is 1. The van der Waals surface area contributed by atoms with E-state index in [4.69, 9.17) is 11.6 Å². The van der Waals surface area contributed by atoms with E-state index in [9.17, 15) is 9.00 Å². The van der Waals surface area contributed by atoms with Crippen molar-refractivity contribution in [3.8, 4) is 0 Å². The van der Waals surface area contributed by atoms with E-state index in [1.165, 1.54) is 0 Å². The predicted molar refractivity (Wildman–Crippen MR) is 94.9 cm³/mol. The topological polar surface area (TPSA) is 46.2 Å². The van der Waals surface area contributed by atoms with Crippen molar-refractivity contribution in [2.75, 3.05) is 5.32 Å². The fourth-order valence-corrected chi connectivity index (χ4v) is 4.46. The summed E-state index contributed by atoms with van der Waals surface area (Å²) in [5.74, 6) is -0.419. The summed E-state index contributed by atoms with van der Waals surface area (Å²) in [7, 11) is -1.55. The minimum atomic E-state index is -1.55. The zero-order valence-electron chi connectivity index (χ0n) is 13.1. The molecule has 0 saturated carbocycles. The Hall–Kier alpha value is -1.91. The van der Waals surface area contributed by atoms with Gasteiger partial charge in [-0.1, -0.05) is 35.9 Å². The molecule has 3 nitrogen and oxygen atoms in total. The monoisotopic (exact) mass is 345 g/mol. The van der Waals surface area contributed by atoms with Crippen LogP contribution in [0.1, 0.15) is 22.3 Å². The summed E-state index contributed by atoms with van der Waals surface area (Å²) in [4.78, 5) is 13.3. The molecule has 1 aliphatic heterocycles. The van der Waals surface area contributed by atoms with Crippen molar-refractivity contribution in [3.63, 3.8) is 0 Å². The third-order valence-electron chi connectivity index (χ3n) is 3.97. The highest BCUT2D eigenvalue weighted by Crippen LogP contribution is 2.39. The van der Waals surface area contributed by atoms with E-state index in [2.05, 4.69) is 11.4 Å². The molecule has 2 aromatic carbocycles. The zero-order valence-corrected chi connectivity index (χ0v) is 14.6. The molecule has 23 heavy (non-hydrogen) atoms. The van der Waals surface area contributed by atoms with Crippen LogP contribution in [0.2, 0.25) is 0 Å². The number of hydrogen-bond donors (Lipinski definition) is 1. The first-order valence-electron chi connectivity index (χ1n) is 7.20. The van der Waals surface area contributed by atoms with E-state index < -0.39 is 16.7 Å². The molecular weight excluding hydrogens is 330 g/mol. The standard InChI is InChI=1S/C18H16ClNO2S/c1-10-8-11(2)12(3)14(9-10)20-18(21)17-16(19)13-6-4-5-7-15(13)23(17)22/h4-9H,1-3H3,(H,20,21). The number of nitrogens with one attached hydrogen (secondary N) is 1. The van der Waals surface area contributed by atoms with Gasteiger partial charge in [0.1, 0.15) is 4.91 Å². The van der Waals surface area contributed by atoms with Gasteiger partial charge in [0.25, 0.3) is 5.91 Å². The normalized spacial score (nSPS) is 16.4. The molecule has 3 rings (SSSR count). The maximum atomic E-state index is 12.6. The zero-order chi connectivity index (χ0) is 16.7. The molecule has 1 atom stereocenters. The average molecular weight is 346 g/mol. The van der Waals surface area contributed by atoms with Gasteiger partial charge in [0.2, 0.25) is 0 Å². The Balaban J connectivity index is 1.97. The lowest BCUT2D eigenvalue weighted by atomic mass is 10.0. The van der Waals surface area contributed by atoms with Crippen molar-refractivity contribution in [3.05, 3.63) is 63.6 Å². The largest absolute Gasteiger partial charge is 0.321 e. The van der Waals surface area contributed by atoms with Gasteiger partial charge in [0.15, 0.2) is 0 Å². The van der Waals surface area contributed by atoms with Crippen LogP contribution >= 0.6 is 11.6 Å². The van der Waals surface area contributed by atoms with Crippen molar-refractivity contribution in [2.45, 2.75) is 25.7 Å². The molecule has 1 amide bonds. The highest BCUT2D eigenvalue weighted by atomic mass is 35.5. The highest BCUT2D eigenvalue weighted by molar-refractivity contribution is 7.91. The van der Waals surface area contributed by atoms with Gasteiger partial charge in [0, 0.05) is 11.3 Å². The molecule has 0 saturated heterocycles. The van der Waals surface area contributed by atoms with Gasteiger partial charge in [-0.25, -0.2) is 4.21 Å². The van der Waals surface area contributed by atoms with E-state index in [1.807, 2.05) is 32.9 Å². The number of hydrogen-bond acceptors (Lipinski definition) is 2. The Morgan fingerprint density at radius 3 is 2.52 bits per heavy atom. The number of rotatable bonds is 2. The SMILES string of the molecule is Cc1cc(C)c(C)c(NC(=O)C2=C(Cl)c3ccccc3S2=O)c1. The van der Waals surface area contributed by atoms with Gasteiger partial charge >= 0.3 is 0 Å². The summed E-state index contributed by atoms with van der Waals surface area (Å²) in [6, 6.07) is 11.1. The Labute approximate surface area is 142 Å². The van der Waals surface area contributed by atoms with Crippen molar-refractivity contribution in [1.29, 1.82) is 0 Å². The van der Waals surface area contributed by atoms with E-state index in [0.717, 1.165) is 22.4 Å². The highest BCUT2D eigenvalue weighted by Gasteiger charge is 2.32. The Bertz CT molecular complexity index is 887. The summed E-state index contributed by atoms with van der Waals surface area (Å²) >= 11 is 6.29. The van der Waals surface area contributed by atoms with Crippen LogP contribution in [-0.2, 0) is 15.6 Å². The summed E-state index contributed by atoms with van der Waals surface area (Å²) in [6.45, 7) is 5.91. The van der Waals surface area contributed by atoms with Gasteiger partial charge in [-0.2, -0.15) is 0 Å². The molecule has 1 unspecified atom stereocenters. The Morgan fingerprint density at radius 1 is 1.13 bits per heavy atom. The minimum Gasteiger partial charge on any atom is -0.321 e. The van der Waals surface area contributed by atoms with Crippen LogP contribution in [0.5, 0.6) is 0 Å². The second kappa shape index (κ2) is 5.95. The average Bonchev–Trinajstić information content (AvgIpc) is 2.76. The fourth-order valence-electron chi connectivity index (χ4n) is 2.66. The molecule has 0 aromatic heterocycles. The number of amides is 1. The van der Waals surface area contributed by atoms with E-state index >= 15 is 0 Å². The lowest BCUT2D eigenvalue weighted by Crippen LogP contribution is -2.17. The number of carbonyl (C=O) groups excluding carboxylic acids is 1. The molecule has 1 heterocycles. The van der Waals surface area contributed by atoms with Gasteiger partial charge in [-0.15, -0.1) is 0 Å². The maximum Gasteiger partial charge on any atom is 0.266 e. The summed E-state index contributed by atoms with van der Waals surface area (Å²) in [5.41, 5.74) is 4.52. The first-order valence-corrected chi connectivity index (χ1v) is 8.73. The lowest BCUT2D eigenvalue weighted by Gasteiger charge is -2.12. The minimum absolute atomic E-state index is 0.117. The molecular formula is C18H16ClNO2S. The molecule has 118 valence electrons. The van der Waals surface area contributed by atoms with Crippen molar-refractivity contribution < 1.29 is 9.00 Å². The first-order chi connectivity index (χ1) is 10.9. The Kier molecular flexibility index (Phi) is 4.13. The molecule has 2 aromatic rings. The summed E-state index contributed by atoms with van der Waals surface area (Å²) < 4.78 is 12.6. The van der Waals surface area contributed by atoms with Crippen LogP contribution in [0, 0.1) is 20.8 Å². The maximum absolute atomic E-state index is 12.6. The van der Waals surface area contributed by atoms with Gasteiger partial charge < -0.3 is 5.32 Å². The van der Waals surface area contributed by atoms with Crippen LogP contribution in [0.25, 0.3) is 5.03 Å². The van der Waals surface area contributed by atoms with E-state index in [1.54, 1.807) is 18.2 Å². The van der Waals surface area contributed by atoms with Crippen molar-refractivity contribution in [2.24, 2.45) is 0 Å². The smallest absolute Gasteiger partial charge is 0.266 e. The van der Waals surface area contributed by atoms with Crippen molar-refractivity contribution >= 4 is 39.0 Å². The summed E-state index contributed by atoms with van der Waals surface area (Å²) in [6.07, 6.45) is 0. The Morgan fingerprint density at radius 2 is 1.83 bits per heavy atom. The molecule has 0 spiro atoms. The molecule has 0 fully saturated rings. The van der Waals surface area contributed by atoms with Gasteiger partial charge in [0.05, 0.1) is 20.7 Å². The molecule has 0 aliphatic carbocycles. The predicted octanol–water partition coefficient (Wildman–Crippen LogP) is 4.28. The number of halogens is 1. The van der Waals surface area contributed by atoms with Crippen LogP contribution in [0.4, 0.5) is 5.69 Å². The molecule has 1 aliphatic rings. The molecule has 0 bridgehead atoms. The molecule has 5 heteroatoms. The fraction of sp³-hybridized carbons (Fsp3) is 0.167. The van der Waals surface area contributed by atoms with Crippen molar-refractivity contribution in [1.82, 2.24) is 0 Å².